The van der Waals surface area contributed by atoms with E-state index in [1.54, 1.807) is 0 Å². The molecule has 6 N–H and O–H groups in total. The van der Waals surface area contributed by atoms with E-state index < -0.39 is 60.5 Å². The zero-order valence-electron chi connectivity index (χ0n) is 35.9. The van der Waals surface area contributed by atoms with E-state index in [1.165, 1.54) is 37.9 Å². The van der Waals surface area contributed by atoms with Crippen LogP contribution in [0, 0.1) is 79.9 Å². The number of hydrogen-bond acceptors (Lipinski definition) is 14. The first-order valence-corrected chi connectivity index (χ1v) is 20.0. The zero-order chi connectivity index (χ0) is 44.8. The second-order valence-corrected chi connectivity index (χ2v) is 14.6. The van der Waals surface area contributed by atoms with E-state index in [1.807, 2.05) is 9.80 Å². The van der Waals surface area contributed by atoms with Crippen molar-refractivity contribution in [2.45, 2.75) is 38.0 Å². The van der Waals surface area contributed by atoms with Gasteiger partial charge in [0.15, 0.2) is 0 Å². The van der Waals surface area contributed by atoms with Crippen molar-refractivity contribution in [3.63, 3.8) is 0 Å². The van der Waals surface area contributed by atoms with Crippen molar-refractivity contribution in [3.05, 3.63) is 0 Å². The Kier molecular flexibility index (Phi) is 32.0. The summed E-state index contributed by atoms with van der Waals surface area (Å²) in [5, 5.41) is 62.5. The van der Waals surface area contributed by atoms with Crippen molar-refractivity contribution in [3.8, 4) is 0 Å². The summed E-state index contributed by atoms with van der Waals surface area (Å²) in [6.45, 7) is 4.57. The Morgan fingerprint density at radius 1 is 0.452 bits per heavy atom. The van der Waals surface area contributed by atoms with Gasteiger partial charge in [-0.25, -0.2) is 19.2 Å². The first kappa shape index (κ1) is 60.3. The first-order chi connectivity index (χ1) is 28.5. The second kappa shape index (κ2) is 32.9. The minimum absolute atomic E-state index is 0. The molecule has 0 radical (unpaired) electrons. The largest absolute Gasteiger partial charge is 0.480 e. The molecule has 2 heterocycles. The van der Waals surface area contributed by atoms with Gasteiger partial charge in [-0.1, -0.05) is 0 Å². The number of carboxylic acids is 2. The normalized spacial score (nSPS) is 21.1. The molecule has 4 atom stereocenters. The van der Waals surface area contributed by atoms with Crippen molar-refractivity contribution in [2.24, 2.45) is 0 Å². The third kappa shape index (κ3) is 21.6. The predicted octanol–water partition coefficient (Wildman–Crippen LogP) is -0.849. The van der Waals surface area contributed by atoms with Gasteiger partial charge in [-0.05, 0) is 13.8 Å². The third-order valence-corrected chi connectivity index (χ3v) is 10.7. The van der Waals surface area contributed by atoms with Gasteiger partial charge in [0.05, 0.1) is 39.6 Å². The maximum atomic E-state index is 13.4. The Bertz CT molecular complexity index is 1270. The number of hydrogen-bond donors (Lipinski definition) is 6. The van der Waals surface area contributed by atoms with Crippen LogP contribution in [0.15, 0.2) is 0 Å². The predicted molar refractivity (Wildman–Crippen MR) is 212 cm³/mol. The molecule has 2 saturated heterocycles. The Balaban J connectivity index is 0.0000186. The third-order valence-electron chi connectivity index (χ3n) is 10.7. The van der Waals surface area contributed by atoms with E-state index in [0.29, 0.717) is 39.5 Å². The second-order valence-electron chi connectivity index (χ2n) is 14.6. The van der Waals surface area contributed by atoms with Gasteiger partial charge < -0.3 is 69.2 Å². The fourth-order valence-corrected chi connectivity index (χ4v) is 7.24. The summed E-state index contributed by atoms with van der Waals surface area (Å²) < 4.78 is 21.1. The van der Waals surface area contributed by atoms with Crippen LogP contribution in [0.4, 0.5) is 19.2 Å². The maximum Gasteiger partial charge on any atom is 0.407 e. The molecule has 4 unspecified atom stereocenters. The minimum Gasteiger partial charge on any atom is -0.480 e. The first-order valence-electron chi connectivity index (χ1n) is 20.0. The molecule has 2 fully saturated rings. The molecule has 2 aliphatic heterocycles. The molecular formula is C36H66Gd2N8O16. The van der Waals surface area contributed by atoms with Crippen molar-refractivity contribution < 1.29 is 158 Å². The molecule has 0 aliphatic carbocycles. The van der Waals surface area contributed by atoms with Crippen molar-refractivity contribution >= 4 is 36.3 Å². The summed E-state index contributed by atoms with van der Waals surface area (Å²) in [5.41, 5.74) is 0. The number of nitrogens with zero attached hydrogens (tertiary/aromatic N) is 8. The SMILES string of the molecule is COCCOCCN1CCN(C(=O)O)CCN(C(C(=O)O)C(C(=O)O)N2CCN(C(=O)O)CCN(CCOCCOC)CCN(C(=O)O)CC2C)C(C)CN(C(=O)O)CC1.[Gd].[Gd]. The molecule has 0 aromatic rings. The molecule has 26 heteroatoms. The van der Waals surface area contributed by atoms with Crippen molar-refractivity contribution in [2.75, 3.05) is 159 Å². The van der Waals surface area contributed by atoms with Crippen LogP contribution in [0.1, 0.15) is 13.8 Å². The van der Waals surface area contributed by atoms with Crippen LogP contribution in [0.5, 0.6) is 0 Å². The van der Waals surface area contributed by atoms with Crippen LogP contribution in [-0.4, -0.2) is 289 Å². The maximum absolute atomic E-state index is 13.4. The van der Waals surface area contributed by atoms with E-state index in [9.17, 15) is 59.4 Å². The molecule has 2 aliphatic rings. The Hall–Kier alpha value is -1.65. The summed E-state index contributed by atoms with van der Waals surface area (Å²) in [5.74, 6) is -3.23. The van der Waals surface area contributed by atoms with Crippen molar-refractivity contribution in [1.29, 1.82) is 0 Å². The van der Waals surface area contributed by atoms with Gasteiger partial charge >= 0.3 is 36.3 Å². The van der Waals surface area contributed by atoms with Crippen molar-refractivity contribution in [1.82, 2.24) is 39.2 Å². The average molecular weight is 1180 g/mol. The van der Waals surface area contributed by atoms with E-state index in [0.717, 1.165) is 19.6 Å². The topological polar surface area (TPSA) is 287 Å². The molecule has 0 spiro atoms. The summed E-state index contributed by atoms with van der Waals surface area (Å²) in [6, 6.07) is -5.84. The number of methoxy groups -OCH3 is 2. The number of carbonyl (C=O) groups is 6. The molecule has 62 heavy (non-hydrogen) atoms. The molecular weight excluding hydrogens is 1110 g/mol. The number of aliphatic carboxylic acids is 2. The van der Waals surface area contributed by atoms with Gasteiger partial charge in [-0.2, -0.15) is 0 Å². The number of carboxylic acid groups (broad SMARTS) is 6. The van der Waals surface area contributed by atoms with Crippen LogP contribution in [0.3, 0.4) is 0 Å². The summed E-state index contributed by atoms with van der Waals surface area (Å²) in [4.78, 5) is 87.4. The minimum atomic E-state index is -1.94. The molecule has 4 amide bonds. The molecule has 362 valence electrons. The van der Waals surface area contributed by atoms with Crippen LogP contribution < -0.4 is 0 Å². The van der Waals surface area contributed by atoms with Crippen LogP contribution in [0.25, 0.3) is 0 Å². The molecule has 0 aromatic carbocycles. The Morgan fingerprint density at radius 3 is 1.02 bits per heavy atom. The summed E-state index contributed by atoms with van der Waals surface area (Å²) in [7, 11) is 3.07. The average Bonchev–Trinajstić information content (AvgIpc) is 3.17. The standard InChI is InChI=1S/C36H66N8O16.2Gd/c1-27-25-41(35(53)54)11-7-37(17-19-59-23-21-57-3)5-9-39(33(49)50)13-15-43(27)29(31(45)46)30(32(47)48)44-16-14-40(34(51)52)10-6-38(18-20-60-24-22-58-4)8-12-42(36(55)56)26-28(44)2;;/h27-30H,5-26H2,1-4H3,(H,45,46)(H,47,48)(H,49,50)(H,51,52)(H,53,54)(H,55,56);;. The van der Waals surface area contributed by atoms with Gasteiger partial charge in [-0.15, -0.1) is 0 Å². The number of amides is 4. The fourth-order valence-electron chi connectivity index (χ4n) is 7.24. The van der Waals surface area contributed by atoms with E-state index in [2.05, 4.69) is 0 Å². The van der Waals surface area contributed by atoms with Gasteiger partial charge in [0.1, 0.15) is 12.1 Å². The van der Waals surface area contributed by atoms with Gasteiger partial charge in [-0.3, -0.25) is 29.2 Å². The van der Waals surface area contributed by atoms with Gasteiger partial charge in [0.25, 0.3) is 0 Å². The summed E-state index contributed by atoms with van der Waals surface area (Å²) >= 11 is 0. The smallest absolute Gasteiger partial charge is 0.407 e. The van der Waals surface area contributed by atoms with E-state index in [4.69, 9.17) is 18.9 Å². The fraction of sp³-hybridized carbons (Fsp3) is 0.833. The van der Waals surface area contributed by atoms with Crippen LogP contribution >= 0.6 is 0 Å². The van der Waals surface area contributed by atoms with Gasteiger partial charge in [0, 0.05) is 211 Å². The van der Waals surface area contributed by atoms with E-state index in [-0.39, 0.29) is 185 Å². The Labute approximate surface area is 426 Å². The zero-order valence-corrected chi connectivity index (χ0v) is 40.5. The quantitative estimate of drug-likeness (QED) is 0.0968. The van der Waals surface area contributed by atoms with Gasteiger partial charge in [0.2, 0.25) is 0 Å². The molecule has 0 aromatic heterocycles. The molecule has 24 nitrogen and oxygen atoms in total. The number of rotatable bonds is 17. The van der Waals surface area contributed by atoms with E-state index >= 15 is 0 Å². The van der Waals surface area contributed by atoms with Crippen LogP contribution in [0.2, 0.25) is 0 Å². The Morgan fingerprint density at radius 2 is 0.742 bits per heavy atom. The van der Waals surface area contributed by atoms with Crippen LogP contribution in [-0.2, 0) is 28.5 Å². The molecule has 0 bridgehead atoms. The molecule has 2 rings (SSSR count). The number of ether oxygens (including phenoxy) is 4. The monoisotopic (exact) mass is 1180 g/mol. The molecule has 0 saturated carbocycles. The summed E-state index contributed by atoms with van der Waals surface area (Å²) in [6.07, 6.45) is -5.22.